The van der Waals surface area contributed by atoms with Crippen LogP contribution < -0.4 is 4.74 Å². The maximum Gasteiger partial charge on any atom is 0.165 e. The molecule has 16 heavy (non-hydrogen) atoms. The molecule has 1 aromatic rings. The maximum absolute atomic E-state index is 13.4. The first kappa shape index (κ1) is 13.0. The average molecular weight is 226 g/mol. The van der Waals surface area contributed by atoms with Gasteiger partial charge in [-0.15, -0.1) is 0 Å². The molecule has 1 N–H and O–H groups in total. The predicted octanol–water partition coefficient (Wildman–Crippen LogP) is 2.88. The minimum atomic E-state index is -0.385. The van der Waals surface area contributed by atoms with Crippen LogP contribution in [0.5, 0.6) is 5.75 Å². The number of halogens is 1. The first-order valence-corrected chi connectivity index (χ1v) is 5.55. The second-order valence-corrected chi connectivity index (χ2v) is 4.45. The molecular formula is C13H19FO2. The van der Waals surface area contributed by atoms with Crippen LogP contribution in [0.2, 0.25) is 0 Å². The van der Waals surface area contributed by atoms with Gasteiger partial charge in [0.05, 0.1) is 6.61 Å². The summed E-state index contributed by atoms with van der Waals surface area (Å²) >= 11 is 0. The second kappa shape index (κ2) is 5.30. The molecule has 0 unspecified atom stereocenters. The van der Waals surface area contributed by atoms with Gasteiger partial charge in [0.2, 0.25) is 0 Å². The third-order valence-corrected chi connectivity index (χ3v) is 2.95. The summed E-state index contributed by atoms with van der Waals surface area (Å²) in [7, 11) is 0. The highest BCUT2D eigenvalue weighted by Gasteiger charge is 2.19. The van der Waals surface area contributed by atoms with Crippen molar-refractivity contribution >= 4 is 0 Å². The highest BCUT2D eigenvalue weighted by Crippen LogP contribution is 2.30. The lowest BCUT2D eigenvalue weighted by molar-refractivity contribution is 0.196. The molecule has 0 amide bonds. The molecule has 0 spiro atoms. The summed E-state index contributed by atoms with van der Waals surface area (Å²) in [5.74, 6) is -0.169. The molecule has 90 valence electrons. The monoisotopic (exact) mass is 226 g/mol. The fraction of sp³-hybridized carbons (Fsp3) is 0.538. The van der Waals surface area contributed by atoms with Gasteiger partial charge >= 0.3 is 0 Å². The van der Waals surface area contributed by atoms with E-state index in [0.717, 1.165) is 12.0 Å². The Bertz CT molecular complexity index is 348. The smallest absolute Gasteiger partial charge is 0.165 e. The van der Waals surface area contributed by atoms with Crippen molar-refractivity contribution in [1.29, 1.82) is 0 Å². The van der Waals surface area contributed by atoms with Gasteiger partial charge in [0.25, 0.3) is 0 Å². The van der Waals surface area contributed by atoms with Gasteiger partial charge in [-0.25, -0.2) is 4.39 Å². The van der Waals surface area contributed by atoms with Crippen LogP contribution in [0, 0.1) is 5.82 Å². The number of benzene rings is 1. The third-order valence-electron chi connectivity index (χ3n) is 2.95. The van der Waals surface area contributed by atoms with Gasteiger partial charge in [-0.3, -0.25) is 0 Å². The van der Waals surface area contributed by atoms with Gasteiger partial charge in [-0.1, -0.05) is 26.8 Å². The highest BCUT2D eigenvalue weighted by molar-refractivity contribution is 5.34. The Morgan fingerprint density at radius 3 is 2.62 bits per heavy atom. The Kier molecular flexibility index (Phi) is 4.30. The minimum absolute atomic E-state index is 0.00498. The summed E-state index contributed by atoms with van der Waals surface area (Å²) in [4.78, 5) is 0. The molecule has 0 aromatic heterocycles. The zero-order valence-electron chi connectivity index (χ0n) is 10.1. The Hall–Kier alpha value is -1.09. The number of ether oxygens (including phenoxy) is 1. The average Bonchev–Trinajstić information content (AvgIpc) is 2.27. The molecule has 1 aromatic carbocycles. The molecule has 2 nitrogen and oxygen atoms in total. The number of aliphatic hydroxyl groups excluding tert-OH is 1. The first-order chi connectivity index (χ1) is 7.51. The summed E-state index contributed by atoms with van der Waals surface area (Å²) in [6, 6.07) is 4.92. The van der Waals surface area contributed by atoms with E-state index >= 15 is 0 Å². The largest absolute Gasteiger partial charge is 0.488 e. The predicted molar refractivity (Wildman–Crippen MR) is 62.3 cm³/mol. The lowest BCUT2D eigenvalue weighted by Crippen LogP contribution is -2.16. The van der Waals surface area contributed by atoms with Crippen LogP contribution in [0.25, 0.3) is 0 Å². The minimum Gasteiger partial charge on any atom is -0.488 e. The molecule has 0 aliphatic heterocycles. The van der Waals surface area contributed by atoms with Crippen molar-refractivity contribution in [2.24, 2.45) is 0 Å². The summed E-state index contributed by atoms with van der Waals surface area (Å²) in [6.45, 7) is 6.32. The number of aliphatic hydroxyl groups is 1. The van der Waals surface area contributed by atoms with Crippen LogP contribution in [0.3, 0.4) is 0 Å². The standard InChI is InChI=1S/C13H19FO2/c1-4-13(2,3)10-5-6-11(14)12(9-10)16-8-7-15/h5-6,9,15H,4,7-8H2,1-3H3. The molecule has 0 atom stereocenters. The molecule has 0 saturated carbocycles. The van der Waals surface area contributed by atoms with Gasteiger partial charge in [-0.2, -0.15) is 0 Å². The second-order valence-electron chi connectivity index (χ2n) is 4.45. The van der Waals surface area contributed by atoms with E-state index in [4.69, 9.17) is 9.84 Å². The van der Waals surface area contributed by atoms with Crippen LogP contribution in [-0.2, 0) is 5.41 Å². The van der Waals surface area contributed by atoms with E-state index in [1.165, 1.54) is 6.07 Å². The SMILES string of the molecule is CCC(C)(C)c1ccc(F)c(OCCO)c1. The van der Waals surface area contributed by atoms with E-state index in [-0.39, 0.29) is 30.2 Å². The van der Waals surface area contributed by atoms with Crippen molar-refractivity contribution in [2.45, 2.75) is 32.6 Å². The summed E-state index contributed by atoms with van der Waals surface area (Å²) in [5.41, 5.74) is 1.05. The van der Waals surface area contributed by atoms with Crippen molar-refractivity contribution in [2.75, 3.05) is 13.2 Å². The van der Waals surface area contributed by atoms with E-state index < -0.39 is 0 Å². The summed E-state index contributed by atoms with van der Waals surface area (Å²) < 4.78 is 18.5. The lowest BCUT2D eigenvalue weighted by Gasteiger charge is -2.24. The Balaban J connectivity index is 2.97. The molecule has 3 heteroatoms. The summed E-state index contributed by atoms with van der Waals surface area (Å²) in [6.07, 6.45) is 0.970. The topological polar surface area (TPSA) is 29.5 Å². The lowest BCUT2D eigenvalue weighted by atomic mass is 9.82. The van der Waals surface area contributed by atoms with Gasteiger partial charge < -0.3 is 9.84 Å². The van der Waals surface area contributed by atoms with E-state index in [1.54, 1.807) is 12.1 Å². The molecule has 0 fully saturated rings. The Morgan fingerprint density at radius 2 is 2.06 bits per heavy atom. The van der Waals surface area contributed by atoms with Gasteiger partial charge in [-0.05, 0) is 29.5 Å². The molecule has 0 heterocycles. The van der Waals surface area contributed by atoms with Crippen LogP contribution in [-0.4, -0.2) is 18.3 Å². The molecule has 0 saturated heterocycles. The van der Waals surface area contributed by atoms with E-state index in [2.05, 4.69) is 20.8 Å². The molecule has 1 rings (SSSR count). The van der Waals surface area contributed by atoms with Crippen LogP contribution >= 0.6 is 0 Å². The fourth-order valence-electron chi connectivity index (χ4n) is 1.39. The fourth-order valence-corrected chi connectivity index (χ4v) is 1.39. The van der Waals surface area contributed by atoms with Crippen molar-refractivity contribution in [3.05, 3.63) is 29.6 Å². The zero-order valence-corrected chi connectivity index (χ0v) is 10.1. The number of rotatable bonds is 5. The number of hydrogen-bond donors (Lipinski definition) is 1. The van der Waals surface area contributed by atoms with Crippen molar-refractivity contribution in [3.63, 3.8) is 0 Å². The summed E-state index contributed by atoms with van der Waals surface area (Å²) in [5, 5.41) is 8.65. The van der Waals surface area contributed by atoms with Crippen molar-refractivity contribution < 1.29 is 14.2 Å². The van der Waals surface area contributed by atoms with Crippen LogP contribution in [0.1, 0.15) is 32.8 Å². The van der Waals surface area contributed by atoms with Gasteiger partial charge in [0, 0.05) is 0 Å². The van der Waals surface area contributed by atoms with Crippen LogP contribution in [0.4, 0.5) is 4.39 Å². The molecule has 0 aliphatic carbocycles. The molecule has 0 aliphatic rings. The van der Waals surface area contributed by atoms with E-state index in [0.29, 0.717) is 0 Å². The Morgan fingerprint density at radius 1 is 1.38 bits per heavy atom. The van der Waals surface area contributed by atoms with Gasteiger partial charge in [0.1, 0.15) is 6.61 Å². The van der Waals surface area contributed by atoms with E-state index in [1.807, 2.05) is 0 Å². The maximum atomic E-state index is 13.4. The third kappa shape index (κ3) is 2.95. The molecule has 0 bridgehead atoms. The first-order valence-electron chi connectivity index (χ1n) is 5.55. The van der Waals surface area contributed by atoms with Gasteiger partial charge in [0.15, 0.2) is 11.6 Å². The molecule has 0 radical (unpaired) electrons. The quantitative estimate of drug-likeness (QED) is 0.836. The van der Waals surface area contributed by atoms with Crippen molar-refractivity contribution in [1.82, 2.24) is 0 Å². The van der Waals surface area contributed by atoms with Crippen LogP contribution in [0.15, 0.2) is 18.2 Å². The van der Waals surface area contributed by atoms with E-state index in [9.17, 15) is 4.39 Å². The number of hydrogen-bond acceptors (Lipinski definition) is 2. The highest BCUT2D eigenvalue weighted by atomic mass is 19.1. The Labute approximate surface area is 96.1 Å². The molecular weight excluding hydrogens is 207 g/mol. The normalized spacial score (nSPS) is 11.6. The zero-order chi connectivity index (χ0) is 12.2. The van der Waals surface area contributed by atoms with Crippen molar-refractivity contribution in [3.8, 4) is 5.75 Å².